The SMILES string of the molecule is CCN(CC1CCCO1)C1(CN)CC(C)C1. The van der Waals surface area contributed by atoms with Gasteiger partial charge in [0, 0.05) is 25.2 Å². The van der Waals surface area contributed by atoms with Gasteiger partial charge >= 0.3 is 0 Å². The minimum atomic E-state index is 0.292. The van der Waals surface area contributed by atoms with Gasteiger partial charge in [0.05, 0.1) is 6.10 Å². The van der Waals surface area contributed by atoms with Crippen molar-refractivity contribution < 1.29 is 4.74 Å². The number of hydrogen-bond donors (Lipinski definition) is 1. The highest BCUT2D eigenvalue weighted by molar-refractivity contribution is 5.02. The molecule has 1 aliphatic carbocycles. The number of rotatable bonds is 5. The van der Waals surface area contributed by atoms with Crippen LogP contribution in [0.1, 0.15) is 39.5 Å². The lowest BCUT2D eigenvalue weighted by atomic mass is 9.68. The van der Waals surface area contributed by atoms with E-state index in [1.54, 1.807) is 0 Å². The fourth-order valence-corrected chi connectivity index (χ4v) is 3.48. The maximum absolute atomic E-state index is 6.00. The summed E-state index contributed by atoms with van der Waals surface area (Å²) < 4.78 is 5.74. The van der Waals surface area contributed by atoms with E-state index in [4.69, 9.17) is 10.5 Å². The molecule has 0 spiro atoms. The third kappa shape index (κ3) is 2.27. The van der Waals surface area contributed by atoms with Gasteiger partial charge in [-0.15, -0.1) is 0 Å². The Morgan fingerprint density at radius 1 is 1.44 bits per heavy atom. The molecule has 3 heteroatoms. The summed E-state index contributed by atoms with van der Waals surface area (Å²) in [6.45, 7) is 8.51. The van der Waals surface area contributed by atoms with Crippen LogP contribution < -0.4 is 5.73 Å². The van der Waals surface area contributed by atoms with Crippen molar-refractivity contribution in [1.82, 2.24) is 4.90 Å². The van der Waals surface area contributed by atoms with Crippen LogP contribution in [0.3, 0.4) is 0 Å². The van der Waals surface area contributed by atoms with Gasteiger partial charge in [0.15, 0.2) is 0 Å². The highest BCUT2D eigenvalue weighted by Gasteiger charge is 2.45. The van der Waals surface area contributed by atoms with E-state index < -0.39 is 0 Å². The lowest BCUT2D eigenvalue weighted by Gasteiger charge is -2.53. The summed E-state index contributed by atoms with van der Waals surface area (Å²) in [5, 5.41) is 0. The molecule has 2 aliphatic rings. The maximum atomic E-state index is 6.00. The summed E-state index contributed by atoms with van der Waals surface area (Å²) in [6, 6.07) is 0. The molecular weight excluding hydrogens is 200 g/mol. The zero-order chi connectivity index (χ0) is 11.6. The second kappa shape index (κ2) is 5.03. The Balaban J connectivity index is 1.92. The molecule has 0 aromatic rings. The summed E-state index contributed by atoms with van der Waals surface area (Å²) >= 11 is 0. The standard InChI is InChI=1S/C13H26N2O/c1-3-15(9-12-5-4-6-16-12)13(10-14)7-11(2)8-13/h11-12H,3-10,14H2,1-2H3. The largest absolute Gasteiger partial charge is 0.377 e. The van der Waals surface area contributed by atoms with Gasteiger partial charge in [-0.2, -0.15) is 0 Å². The first-order chi connectivity index (χ1) is 7.70. The van der Waals surface area contributed by atoms with Crippen molar-refractivity contribution in [3.05, 3.63) is 0 Å². The predicted molar refractivity (Wildman–Crippen MR) is 66.4 cm³/mol. The van der Waals surface area contributed by atoms with E-state index in [0.29, 0.717) is 11.6 Å². The van der Waals surface area contributed by atoms with Crippen LogP contribution >= 0.6 is 0 Å². The molecule has 1 unspecified atom stereocenters. The third-order valence-corrected chi connectivity index (χ3v) is 4.34. The number of likely N-dealkylation sites (N-methyl/N-ethyl adjacent to an activating group) is 1. The zero-order valence-electron chi connectivity index (χ0n) is 10.7. The highest BCUT2D eigenvalue weighted by atomic mass is 16.5. The Morgan fingerprint density at radius 2 is 2.19 bits per heavy atom. The van der Waals surface area contributed by atoms with Gasteiger partial charge in [0.2, 0.25) is 0 Å². The fourth-order valence-electron chi connectivity index (χ4n) is 3.48. The Labute approximate surface area is 99.3 Å². The smallest absolute Gasteiger partial charge is 0.0703 e. The van der Waals surface area contributed by atoms with Crippen molar-refractivity contribution in [2.45, 2.75) is 51.2 Å². The minimum absolute atomic E-state index is 0.292. The van der Waals surface area contributed by atoms with Crippen molar-refractivity contribution in [1.29, 1.82) is 0 Å². The maximum Gasteiger partial charge on any atom is 0.0703 e. The summed E-state index contributed by atoms with van der Waals surface area (Å²) in [7, 11) is 0. The third-order valence-electron chi connectivity index (χ3n) is 4.34. The predicted octanol–water partition coefficient (Wildman–Crippen LogP) is 1.61. The topological polar surface area (TPSA) is 38.5 Å². The number of hydrogen-bond acceptors (Lipinski definition) is 3. The van der Waals surface area contributed by atoms with E-state index in [0.717, 1.165) is 32.2 Å². The molecule has 2 N–H and O–H groups in total. The van der Waals surface area contributed by atoms with Crippen molar-refractivity contribution in [2.75, 3.05) is 26.2 Å². The van der Waals surface area contributed by atoms with Crippen molar-refractivity contribution in [2.24, 2.45) is 11.7 Å². The van der Waals surface area contributed by atoms with Crippen LogP contribution in [-0.2, 0) is 4.74 Å². The molecule has 0 amide bonds. The molecule has 2 fully saturated rings. The molecule has 1 heterocycles. The molecule has 1 saturated heterocycles. The van der Waals surface area contributed by atoms with Crippen LogP contribution in [-0.4, -0.2) is 42.8 Å². The number of nitrogens with zero attached hydrogens (tertiary/aromatic N) is 1. The van der Waals surface area contributed by atoms with E-state index in [-0.39, 0.29) is 0 Å². The lowest BCUT2D eigenvalue weighted by molar-refractivity contribution is -0.0386. The van der Waals surface area contributed by atoms with Crippen molar-refractivity contribution >= 4 is 0 Å². The average Bonchev–Trinajstić information content (AvgIpc) is 2.74. The second-order valence-electron chi connectivity index (χ2n) is 5.62. The molecule has 0 radical (unpaired) electrons. The van der Waals surface area contributed by atoms with Gasteiger partial charge in [0.25, 0.3) is 0 Å². The first-order valence-electron chi connectivity index (χ1n) is 6.77. The second-order valence-corrected chi connectivity index (χ2v) is 5.62. The van der Waals surface area contributed by atoms with E-state index >= 15 is 0 Å². The van der Waals surface area contributed by atoms with Gasteiger partial charge in [-0.1, -0.05) is 13.8 Å². The van der Waals surface area contributed by atoms with Crippen LogP contribution in [0.4, 0.5) is 0 Å². The van der Waals surface area contributed by atoms with Gasteiger partial charge in [-0.3, -0.25) is 4.90 Å². The minimum Gasteiger partial charge on any atom is -0.377 e. The molecule has 16 heavy (non-hydrogen) atoms. The number of ether oxygens (including phenoxy) is 1. The molecule has 1 atom stereocenters. The summed E-state index contributed by atoms with van der Waals surface area (Å²) in [5.74, 6) is 0.849. The van der Waals surface area contributed by atoms with E-state index in [2.05, 4.69) is 18.7 Å². The van der Waals surface area contributed by atoms with Crippen molar-refractivity contribution in [3.63, 3.8) is 0 Å². The summed E-state index contributed by atoms with van der Waals surface area (Å²) in [4.78, 5) is 2.57. The van der Waals surface area contributed by atoms with Gasteiger partial charge in [0.1, 0.15) is 0 Å². The summed E-state index contributed by atoms with van der Waals surface area (Å²) in [6.07, 6.45) is 5.45. The van der Waals surface area contributed by atoms with E-state index in [1.807, 2.05) is 0 Å². The van der Waals surface area contributed by atoms with Crippen molar-refractivity contribution in [3.8, 4) is 0 Å². The monoisotopic (exact) mass is 226 g/mol. The van der Waals surface area contributed by atoms with Gasteiger partial charge < -0.3 is 10.5 Å². The van der Waals surface area contributed by atoms with Crippen LogP contribution in [0.25, 0.3) is 0 Å². The highest BCUT2D eigenvalue weighted by Crippen LogP contribution is 2.41. The van der Waals surface area contributed by atoms with E-state index in [1.165, 1.54) is 25.7 Å². The normalized spacial score (nSPS) is 39.0. The number of nitrogens with two attached hydrogens (primary N) is 1. The molecule has 1 saturated carbocycles. The molecule has 94 valence electrons. The quantitative estimate of drug-likeness (QED) is 0.774. The van der Waals surface area contributed by atoms with Gasteiger partial charge in [-0.05, 0) is 38.1 Å². The molecule has 0 bridgehead atoms. The lowest BCUT2D eigenvalue weighted by Crippen LogP contribution is -2.62. The van der Waals surface area contributed by atoms with Crippen LogP contribution in [0, 0.1) is 5.92 Å². The first kappa shape index (κ1) is 12.3. The fraction of sp³-hybridized carbons (Fsp3) is 1.00. The molecule has 2 rings (SSSR count). The Kier molecular flexibility index (Phi) is 3.88. The van der Waals surface area contributed by atoms with Crippen LogP contribution in [0.15, 0.2) is 0 Å². The average molecular weight is 226 g/mol. The molecular formula is C13H26N2O. The van der Waals surface area contributed by atoms with Crippen LogP contribution in [0.2, 0.25) is 0 Å². The first-order valence-corrected chi connectivity index (χ1v) is 6.77. The molecule has 3 nitrogen and oxygen atoms in total. The Bertz CT molecular complexity index is 220. The van der Waals surface area contributed by atoms with Crippen LogP contribution in [0.5, 0.6) is 0 Å². The molecule has 1 aliphatic heterocycles. The van der Waals surface area contributed by atoms with E-state index in [9.17, 15) is 0 Å². The molecule has 0 aromatic heterocycles. The van der Waals surface area contributed by atoms with Gasteiger partial charge in [-0.25, -0.2) is 0 Å². The molecule has 0 aromatic carbocycles. The zero-order valence-corrected chi connectivity index (χ0v) is 10.7. The Morgan fingerprint density at radius 3 is 2.62 bits per heavy atom. The Hall–Kier alpha value is -0.120. The summed E-state index contributed by atoms with van der Waals surface area (Å²) in [5.41, 5.74) is 6.29.